The van der Waals surface area contributed by atoms with Crippen LogP contribution in [0.5, 0.6) is 11.6 Å². The molecule has 11 heteroatoms. The van der Waals surface area contributed by atoms with Crippen molar-refractivity contribution >= 4 is 40.6 Å². The van der Waals surface area contributed by atoms with Crippen molar-refractivity contribution in [2.24, 2.45) is 0 Å². The Morgan fingerprint density at radius 3 is 2.58 bits per heavy atom. The number of ether oxygens (including phenoxy) is 1. The van der Waals surface area contributed by atoms with Gasteiger partial charge >= 0.3 is 0 Å². The summed E-state index contributed by atoms with van der Waals surface area (Å²) in [5, 5.41) is 2.88. The molecule has 2 aromatic carbocycles. The summed E-state index contributed by atoms with van der Waals surface area (Å²) in [5.74, 6) is -1.55. The number of nitrogens with two attached hydrogens (primary N) is 1. The number of nitrogens with zero attached hydrogens (tertiary/aromatic N) is 3. The van der Waals surface area contributed by atoms with E-state index in [0.717, 1.165) is 12.4 Å². The number of halogens is 3. The quantitative estimate of drug-likeness (QED) is 0.423. The van der Waals surface area contributed by atoms with Crippen molar-refractivity contribution < 1.29 is 13.9 Å². The Morgan fingerprint density at radius 1 is 1.09 bits per heavy atom. The number of nitrogens with one attached hydrogen (secondary N) is 1. The highest BCUT2D eigenvalue weighted by atomic mass is 35.5. The molecule has 3 N–H and O–H groups in total. The molecule has 166 valence electrons. The van der Waals surface area contributed by atoms with Gasteiger partial charge in [0.25, 0.3) is 11.5 Å². The van der Waals surface area contributed by atoms with Gasteiger partial charge in [0.15, 0.2) is 0 Å². The van der Waals surface area contributed by atoms with E-state index >= 15 is 0 Å². The molecule has 0 bridgehead atoms. The molecule has 4 aromatic rings. The van der Waals surface area contributed by atoms with Crippen molar-refractivity contribution in [1.29, 1.82) is 0 Å². The van der Waals surface area contributed by atoms with Crippen molar-refractivity contribution in [3.63, 3.8) is 0 Å². The minimum Gasteiger partial charge on any atom is -0.437 e. The van der Waals surface area contributed by atoms with Crippen LogP contribution in [0.1, 0.15) is 10.4 Å². The van der Waals surface area contributed by atoms with Gasteiger partial charge in [-0.2, -0.15) is 4.98 Å². The summed E-state index contributed by atoms with van der Waals surface area (Å²) in [7, 11) is 0. The van der Waals surface area contributed by atoms with E-state index in [1.54, 1.807) is 24.3 Å². The van der Waals surface area contributed by atoms with Crippen LogP contribution in [-0.2, 0) is 0 Å². The zero-order chi connectivity index (χ0) is 23.5. The fraction of sp³-hybridized carbons (Fsp3) is 0. The van der Waals surface area contributed by atoms with Crippen molar-refractivity contribution in [3.8, 4) is 17.3 Å². The summed E-state index contributed by atoms with van der Waals surface area (Å²) in [6, 6.07) is 13.1. The van der Waals surface area contributed by atoms with Crippen LogP contribution in [0.15, 0.2) is 71.9 Å². The summed E-state index contributed by atoms with van der Waals surface area (Å²) < 4.78 is 21.3. The number of amides is 1. The Morgan fingerprint density at radius 2 is 1.85 bits per heavy atom. The first-order valence-electron chi connectivity index (χ1n) is 9.36. The second-order valence-electron chi connectivity index (χ2n) is 6.65. The third-order valence-electron chi connectivity index (χ3n) is 4.48. The van der Waals surface area contributed by atoms with Gasteiger partial charge in [0.2, 0.25) is 5.88 Å². The van der Waals surface area contributed by atoms with Gasteiger partial charge in [-0.05, 0) is 48.5 Å². The number of anilines is 2. The number of hydrogen-bond acceptors (Lipinski definition) is 6. The second kappa shape index (κ2) is 9.27. The van der Waals surface area contributed by atoms with Crippen LogP contribution in [0, 0.1) is 5.82 Å². The van der Waals surface area contributed by atoms with Crippen LogP contribution in [0.25, 0.3) is 5.69 Å². The smallest absolute Gasteiger partial charge is 0.267 e. The molecule has 0 radical (unpaired) electrons. The van der Waals surface area contributed by atoms with Crippen LogP contribution in [0.2, 0.25) is 10.0 Å². The molecule has 2 aromatic heterocycles. The van der Waals surface area contributed by atoms with E-state index in [-0.39, 0.29) is 33.7 Å². The number of pyridine rings is 1. The van der Waals surface area contributed by atoms with E-state index < -0.39 is 17.3 Å². The van der Waals surface area contributed by atoms with Gasteiger partial charge in [-0.1, -0.05) is 23.2 Å². The van der Waals surface area contributed by atoms with Crippen LogP contribution in [0.4, 0.5) is 15.9 Å². The number of aromatic nitrogens is 3. The Hall–Kier alpha value is -3.95. The standard InChI is InChI=1S/C22H14Cl2FN5O3/c23-12-3-5-13(6-4-12)30-9-1-2-15(22(30)32)20(31)29-17-8-7-14(10-16(17)25)33-21-18(24)19(26)27-11-28-21/h1-11H,(H,29,31)(H2,26,27,28). The molecule has 0 aliphatic carbocycles. The van der Waals surface area contributed by atoms with Crippen molar-refractivity contribution in [2.45, 2.75) is 0 Å². The van der Waals surface area contributed by atoms with E-state index in [4.69, 9.17) is 33.7 Å². The lowest BCUT2D eigenvalue weighted by Crippen LogP contribution is -2.28. The maximum absolute atomic E-state index is 14.6. The molecule has 33 heavy (non-hydrogen) atoms. The molecule has 2 heterocycles. The van der Waals surface area contributed by atoms with Crippen LogP contribution in [0.3, 0.4) is 0 Å². The third kappa shape index (κ3) is 4.79. The maximum Gasteiger partial charge on any atom is 0.267 e. The number of benzene rings is 2. The molecule has 0 aliphatic rings. The molecule has 4 rings (SSSR count). The van der Waals surface area contributed by atoms with Crippen LogP contribution < -0.4 is 21.3 Å². The molecule has 1 amide bonds. The number of carbonyl (C=O) groups excluding carboxylic acids is 1. The average molecular weight is 486 g/mol. The van der Waals surface area contributed by atoms with E-state index in [1.807, 2.05) is 0 Å². The first kappa shape index (κ1) is 22.3. The number of carbonyl (C=O) groups is 1. The summed E-state index contributed by atoms with van der Waals surface area (Å²) in [4.78, 5) is 33.1. The van der Waals surface area contributed by atoms with E-state index in [1.165, 1.54) is 35.0 Å². The molecule has 0 aliphatic heterocycles. The predicted octanol–water partition coefficient (Wildman–Crippen LogP) is 4.70. The fourth-order valence-corrected chi connectivity index (χ4v) is 3.13. The van der Waals surface area contributed by atoms with Crippen LogP contribution >= 0.6 is 23.2 Å². The lowest BCUT2D eigenvalue weighted by molar-refractivity contribution is 0.102. The number of nitrogen functional groups attached to an aromatic ring is 1. The van der Waals surface area contributed by atoms with Gasteiger partial charge < -0.3 is 15.8 Å². The van der Waals surface area contributed by atoms with E-state index in [9.17, 15) is 14.0 Å². The van der Waals surface area contributed by atoms with Crippen molar-refractivity contribution in [3.05, 3.63) is 98.9 Å². The third-order valence-corrected chi connectivity index (χ3v) is 5.09. The zero-order valence-corrected chi connectivity index (χ0v) is 18.1. The summed E-state index contributed by atoms with van der Waals surface area (Å²) in [6.45, 7) is 0. The molecule has 0 fully saturated rings. The first-order valence-corrected chi connectivity index (χ1v) is 10.1. The van der Waals surface area contributed by atoms with Crippen molar-refractivity contribution in [2.75, 3.05) is 11.1 Å². The monoisotopic (exact) mass is 485 g/mol. The number of hydrogen-bond donors (Lipinski definition) is 2. The molecular weight excluding hydrogens is 472 g/mol. The highest BCUT2D eigenvalue weighted by molar-refractivity contribution is 6.34. The molecule has 0 spiro atoms. The van der Waals surface area contributed by atoms with Gasteiger partial charge in [0, 0.05) is 23.0 Å². The topological polar surface area (TPSA) is 112 Å². The van der Waals surface area contributed by atoms with E-state index in [0.29, 0.717) is 10.7 Å². The zero-order valence-electron chi connectivity index (χ0n) is 16.6. The lowest BCUT2D eigenvalue weighted by Gasteiger charge is -2.11. The van der Waals surface area contributed by atoms with Crippen LogP contribution in [-0.4, -0.2) is 20.4 Å². The highest BCUT2D eigenvalue weighted by Crippen LogP contribution is 2.31. The largest absolute Gasteiger partial charge is 0.437 e. The Labute approximate surface area is 196 Å². The molecule has 8 nitrogen and oxygen atoms in total. The molecule has 0 saturated heterocycles. The second-order valence-corrected chi connectivity index (χ2v) is 7.46. The Bertz CT molecular complexity index is 1410. The molecule has 0 unspecified atom stereocenters. The highest BCUT2D eigenvalue weighted by Gasteiger charge is 2.16. The molecule has 0 saturated carbocycles. The average Bonchev–Trinajstić information content (AvgIpc) is 2.79. The lowest BCUT2D eigenvalue weighted by atomic mass is 10.2. The Balaban J connectivity index is 1.55. The van der Waals surface area contributed by atoms with Gasteiger partial charge in [0.1, 0.15) is 34.3 Å². The molecule has 0 atom stereocenters. The summed E-state index contributed by atoms with van der Waals surface area (Å²) >= 11 is 11.8. The summed E-state index contributed by atoms with van der Waals surface area (Å²) in [5.41, 5.74) is 5.21. The van der Waals surface area contributed by atoms with Gasteiger partial charge in [0.05, 0.1) is 5.69 Å². The summed E-state index contributed by atoms with van der Waals surface area (Å²) in [6.07, 6.45) is 2.66. The fourth-order valence-electron chi connectivity index (χ4n) is 2.87. The minimum absolute atomic E-state index is 0.0122. The Kier molecular flexibility index (Phi) is 6.25. The SMILES string of the molecule is Nc1ncnc(Oc2ccc(NC(=O)c3cccn(-c4ccc(Cl)cc4)c3=O)c(F)c2)c1Cl. The maximum atomic E-state index is 14.6. The van der Waals surface area contributed by atoms with Crippen molar-refractivity contribution in [1.82, 2.24) is 14.5 Å². The minimum atomic E-state index is -0.798. The first-order chi connectivity index (χ1) is 15.8. The number of rotatable bonds is 5. The molecular formula is C22H14Cl2FN5O3. The normalized spacial score (nSPS) is 10.6. The predicted molar refractivity (Wildman–Crippen MR) is 123 cm³/mol. The van der Waals surface area contributed by atoms with E-state index in [2.05, 4.69) is 15.3 Å². The van der Waals surface area contributed by atoms with Gasteiger partial charge in [-0.3, -0.25) is 14.2 Å². The van der Waals surface area contributed by atoms with Gasteiger partial charge in [-0.15, -0.1) is 0 Å². The van der Waals surface area contributed by atoms with Gasteiger partial charge in [-0.25, -0.2) is 9.37 Å².